The van der Waals surface area contributed by atoms with Crippen molar-refractivity contribution < 1.29 is 31.4 Å². The Bertz CT molecular complexity index is 1180. The molecule has 1 heterocycles. The lowest BCUT2D eigenvalue weighted by atomic mass is 9.98. The first-order chi connectivity index (χ1) is 14.6. The number of aliphatic hydroxyl groups is 1. The van der Waals surface area contributed by atoms with Gasteiger partial charge in [0.25, 0.3) is 0 Å². The zero-order chi connectivity index (χ0) is 22.8. The van der Waals surface area contributed by atoms with Crippen molar-refractivity contribution in [1.29, 1.82) is 0 Å². The average Bonchev–Trinajstić information content (AvgIpc) is 3.18. The predicted molar refractivity (Wildman–Crippen MR) is 112 cm³/mol. The van der Waals surface area contributed by atoms with Crippen LogP contribution in [0.25, 0.3) is 22.4 Å². The van der Waals surface area contributed by atoms with Crippen LogP contribution in [0.4, 0.5) is 13.2 Å². The Hall–Kier alpha value is -2.37. The van der Waals surface area contributed by atoms with Gasteiger partial charge in [-0.15, -0.1) is 0 Å². The summed E-state index contributed by atoms with van der Waals surface area (Å²) in [6, 6.07) is 10.0. The molecule has 0 saturated carbocycles. The van der Waals surface area contributed by atoms with Gasteiger partial charge in [-0.3, -0.25) is 5.10 Å². The van der Waals surface area contributed by atoms with E-state index in [0.29, 0.717) is 15.8 Å². The number of hydrogen-bond donors (Lipinski definition) is 2. The van der Waals surface area contributed by atoms with Gasteiger partial charge >= 0.3 is 6.18 Å². The Morgan fingerprint density at radius 3 is 2.35 bits per heavy atom. The number of methoxy groups -OCH3 is 1. The van der Waals surface area contributed by atoms with E-state index in [0.717, 1.165) is 0 Å². The molecule has 3 rings (SSSR count). The van der Waals surface area contributed by atoms with Crippen LogP contribution in [0.3, 0.4) is 0 Å². The molecule has 0 amide bonds. The largest absolute Gasteiger partial charge is 0.496 e. The summed E-state index contributed by atoms with van der Waals surface area (Å²) in [7, 11) is -2.20. The molecule has 0 radical (unpaired) electrons. The van der Waals surface area contributed by atoms with Gasteiger partial charge in [0.05, 0.1) is 27.9 Å². The number of nitrogens with one attached hydrogen (secondary N) is 1. The number of aliphatic hydroxyl groups excluding tert-OH is 1. The van der Waals surface area contributed by atoms with Gasteiger partial charge in [-0.25, -0.2) is 8.42 Å². The van der Waals surface area contributed by atoms with Crippen molar-refractivity contribution in [1.82, 2.24) is 10.2 Å². The number of sulfone groups is 1. The van der Waals surface area contributed by atoms with Crippen LogP contribution >= 0.6 is 15.9 Å². The van der Waals surface area contributed by atoms with E-state index in [9.17, 15) is 21.6 Å². The van der Waals surface area contributed by atoms with Crippen LogP contribution in [-0.2, 0) is 16.0 Å². The number of ether oxygens (including phenoxy) is 1. The monoisotopic (exact) mass is 518 g/mol. The van der Waals surface area contributed by atoms with Crippen molar-refractivity contribution in [2.45, 2.75) is 17.5 Å². The molecule has 0 aliphatic heterocycles. The van der Waals surface area contributed by atoms with Gasteiger partial charge in [0, 0.05) is 17.7 Å². The van der Waals surface area contributed by atoms with Crippen LogP contribution < -0.4 is 4.74 Å². The van der Waals surface area contributed by atoms with E-state index in [2.05, 4.69) is 26.1 Å². The summed E-state index contributed by atoms with van der Waals surface area (Å²) in [6.07, 6.45) is -4.62. The molecule has 2 aromatic carbocycles. The second-order valence-electron chi connectivity index (χ2n) is 6.59. The highest BCUT2D eigenvalue weighted by Gasteiger charge is 2.38. The quantitative estimate of drug-likeness (QED) is 0.473. The maximum atomic E-state index is 13.6. The molecule has 31 heavy (non-hydrogen) atoms. The second-order valence-corrected chi connectivity index (χ2v) is 9.55. The van der Waals surface area contributed by atoms with Gasteiger partial charge in [-0.2, -0.15) is 18.3 Å². The van der Waals surface area contributed by atoms with Crippen molar-refractivity contribution >= 4 is 25.8 Å². The van der Waals surface area contributed by atoms with E-state index in [1.165, 1.54) is 43.5 Å². The molecule has 6 nitrogen and oxygen atoms in total. The molecule has 2 N–H and O–H groups in total. The van der Waals surface area contributed by atoms with Gasteiger partial charge in [0.1, 0.15) is 5.75 Å². The lowest BCUT2D eigenvalue weighted by Gasteiger charge is -2.11. The molecule has 0 unspecified atom stereocenters. The first kappa shape index (κ1) is 23.3. The topological polar surface area (TPSA) is 92.3 Å². The lowest BCUT2D eigenvalue weighted by molar-refractivity contribution is -0.140. The number of rotatable bonds is 7. The van der Waals surface area contributed by atoms with E-state index in [1.54, 1.807) is 6.07 Å². The fraction of sp³-hybridized carbons (Fsp3) is 0.250. The molecular formula is C20H18BrF3N2O4S. The molecule has 11 heteroatoms. The predicted octanol–water partition coefficient (Wildman–Crippen LogP) is 4.69. The van der Waals surface area contributed by atoms with E-state index < -0.39 is 21.7 Å². The molecule has 0 aliphatic rings. The Labute approximate surface area is 185 Å². The Balaban J connectivity index is 2.12. The molecule has 0 bridgehead atoms. The summed E-state index contributed by atoms with van der Waals surface area (Å²) in [5.74, 6) is 0.123. The molecule has 166 valence electrons. The van der Waals surface area contributed by atoms with Crippen molar-refractivity contribution in [2.24, 2.45) is 0 Å². The van der Waals surface area contributed by atoms with E-state index in [-0.39, 0.29) is 40.5 Å². The smallest absolute Gasteiger partial charge is 0.435 e. The van der Waals surface area contributed by atoms with Crippen LogP contribution in [-0.4, -0.2) is 43.2 Å². The van der Waals surface area contributed by atoms with Crippen LogP contribution in [0.1, 0.15) is 12.1 Å². The van der Waals surface area contributed by atoms with Crippen molar-refractivity contribution in [2.75, 3.05) is 19.5 Å². The minimum atomic E-state index is -4.71. The number of alkyl halides is 3. The van der Waals surface area contributed by atoms with Crippen LogP contribution in [0.5, 0.6) is 5.75 Å². The third-order valence-corrected chi connectivity index (χ3v) is 7.02. The van der Waals surface area contributed by atoms with E-state index >= 15 is 0 Å². The zero-order valence-corrected chi connectivity index (χ0v) is 18.6. The summed E-state index contributed by atoms with van der Waals surface area (Å²) in [6.45, 7) is -0.258. The normalized spacial score (nSPS) is 12.2. The van der Waals surface area contributed by atoms with E-state index in [1.807, 2.05) is 0 Å². The van der Waals surface area contributed by atoms with Crippen LogP contribution in [0.2, 0.25) is 0 Å². The number of aromatic amines is 1. The third-order valence-electron chi connectivity index (χ3n) is 4.55. The third kappa shape index (κ3) is 4.94. The maximum absolute atomic E-state index is 13.6. The molecule has 0 aliphatic carbocycles. The summed E-state index contributed by atoms with van der Waals surface area (Å²) in [5, 5.41) is 14.8. The number of H-pyrrole nitrogens is 1. The molecule has 0 fully saturated rings. The Morgan fingerprint density at radius 2 is 1.77 bits per heavy atom. The standard InChI is InChI=1S/C20H18BrF3N2O4S/c1-30-16-11-13(5-8-15(16)21)17-18(25-26-19(17)20(22,23)24)12-3-6-14(7-4-12)31(28,29)10-2-9-27/h3-8,11,27H,2,9-10H2,1H3,(H,25,26). The summed E-state index contributed by atoms with van der Waals surface area (Å²) in [5.41, 5.74) is -0.603. The van der Waals surface area contributed by atoms with Crippen LogP contribution in [0, 0.1) is 0 Å². The number of hydrogen-bond acceptors (Lipinski definition) is 5. The number of benzene rings is 2. The summed E-state index contributed by atoms with van der Waals surface area (Å²) >= 11 is 3.28. The van der Waals surface area contributed by atoms with Crippen molar-refractivity contribution in [3.05, 3.63) is 52.6 Å². The highest BCUT2D eigenvalue weighted by molar-refractivity contribution is 9.10. The number of halogens is 4. The van der Waals surface area contributed by atoms with Crippen LogP contribution in [0.15, 0.2) is 51.8 Å². The SMILES string of the molecule is COc1cc(-c2c(C(F)(F)F)n[nH]c2-c2ccc(S(=O)(=O)CCCO)cc2)ccc1Br. The molecule has 0 atom stereocenters. The number of aromatic nitrogens is 2. The highest BCUT2D eigenvalue weighted by Crippen LogP contribution is 2.43. The van der Waals surface area contributed by atoms with Gasteiger partial charge in [-0.05, 0) is 52.2 Å². The molecule has 1 aromatic heterocycles. The van der Waals surface area contributed by atoms with Gasteiger partial charge in [0.15, 0.2) is 15.5 Å². The first-order valence-electron chi connectivity index (χ1n) is 9.02. The summed E-state index contributed by atoms with van der Waals surface area (Å²) < 4.78 is 71.2. The molecular weight excluding hydrogens is 501 g/mol. The Morgan fingerprint density at radius 1 is 1.13 bits per heavy atom. The fourth-order valence-corrected chi connectivity index (χ4v) is 4.76. The molecule has 0 saturated heterocycles. The maximum Gasteiger partial charge on any atom is 0.435 e. The average molecular weight is 519 g/mol. The van der Waals surface area contributed by atoms with E-state index in [4.69, 9.17) is 9.84 Å². The van der Waals surface area contributed by atoms with Gasteiger partial charge in [0.2, 0.25) is 0 Å². The minimum Gasteiger partial charge on any atom is -0.496 e. The Kier molecular flexibility index (Phi) is 6.77. The molecule has 3 aromatic rings. The second kappa shape index (κ2) is 9.01. The number of nitrogens with zero attached hydrogens (tertiary/aromatic N) is 1. The molecule has 0 spiro atoms. The zero-order valence-electron chi connectivity index (χ0n) is 16.2. The van der Waals surface area contributed by atoms with Crippen molar-refractivity contribution in [3.8, 4) is 28.1 Å². The van der Waals surface area contributed by atoms with Gasteiger partial charge in [-0.1, -0.05) is 18.2 Å². The van der Waals surface area contributed by atoms with Gasteiger partial charge < -0.3 is 9.84 Å². The highest BCUT2D eigenvalue weighted by atomic mass is 79.9. The minimum absolute atomic E-state index is 0.0205. The fourth-order valence-electron chi connectivity index (χ4n) is 3.05. The first-order valence-corrected chi connectivity index (χ1v) is 11.5. The summed E-state index contributed by atoms with van der Waals surface area (Å²) in [4.78, 5) is 0.0205. The lowest BCUT2D eigenvalue weighted by Crippen LogP contribution is -2.08. The van der Waals surface area contributed by atoms with Crippen molar-refractivity contribution in [3.63, 3.8) is 0 Å².